The topological polar surface area (TPSA) is 50.4 Å². The Balaban J connectivity index is 2.69. The zero-order valence-corrected chi connectivity index (χ0v) is 8.77. The van der Waals surface area contributed by atoms with E-state index in [1.54, 1.807) is 0 Å². The molecule has 0 spiro atoms. The highest BCUT2D eigenvalue weighted by atomic mass is 15.3. The summed E-state index contributed by atoms with van der Waals surface area (Å²) in [5.74, 6) is 6.49. The Hall–Kier alpha value is -0.570. The number of nitrogens with one attached hydrogen (secondary N) is 1. The van der Waals surface area contributed by atoms with Crippen LogP contribution in [0, 0.1) is 5.41 Å². The van der Waals surface area contributed by atoms with E-state index < -0.39 is 0 Å². The van der Waals surface area contributed by atoms with Crippen LogP contribution in [-0.2, 0) is 0 Å². The third kappa shape index (κ3) is 2.44. The van der Waals surface area contributed by atoms with Crippen molar-refractivity contribution in [1.82, 2.24) is 5.43 Å². The Labute approximate surface area is 80.8 Å². The number of amidine groups is 1. The normalized spacial score (nSPS) is 22.8. The molecule has 0 aromatic heterocycles. The van der Waals surface area contributed by atoms with Crippen LogP contribution in [0.2, 0.25) is 0 Å². The predicted molar refractivity (Wildman–Crippen MR) is 56.5 cm³/mol. The van der Waals surface area contributed by atoms with Crippen molar-refractivity contribution in [3.8, 4) is 0 Å². The minimum atomic E-state index is 0.211. The number of nitrogens with two attached hydrogens (primary N) is 1. The fourth-order valence-corrected chi connectivity index (χ4v) is 2.14. The van der Waals surface area contributed by atoms with E-state index in [1.165, 1.54) is 32.1 Å². The molecule has 0 amide bonds. The van der Waals surface area contributed by atoms with Crippen LogP contribution >= 0.6 is 0 Å². The molecule has 0 heterocycles. The van der Waals surface area contributed by atoms with Gasteiger partial charge in [-0.25, -0.2) is 5.84 Å². The molecule has 3 N–H and O–H groups in total. The summed E-state index contributed by atoms with van der Waals surface area (Å²) in [5, 5.41) is 0. The van der Waals surface area contributed by atoms with E-state index in [2.05, 4.69) is 17.3 Å². The van der Waals surface area contributed by atoms with Crippen LogP contribution in [0.5, 0.6) is 0 Å². The van der Waals surface area contributed by atoms with Gasteiger partial charge in [0.15, 0.2) is 0 Å². The van der Waals surface area contributed by atoms with E-state index in [4.69, 9.17) is 5.84 Å². The van der Waals surface area contributed by atoms with Crippen molar-refractivity contribution in [3.63, 3.8) is 0 Å². The average molecular weight is 183 g/mol. The first-order valence-electron chi connectivity index (χ1n) is 5.24. The Bertz CT molecular complexity index is 181. The van der Waals surface area contributed by atoms with Crippen LogP contribution in [-0.4, -0.2) is 12.4 Å². The molecule has 0 radical (unpaired) electrons. The molecular weight excluding hydrogens is 162 g/mol. The first kappa shape index (κ1) is 10.5. The SMILES string of the molecule is CCN=C(NN)C1(C)CCCCC1. The molecule has 0 aromatic rings. The van der Waals surface area contributed by atoms with Gasteiger partial charge in [-0.2, -0.15) is 0 Å². The van der Waals surface area contributed by atoms with E-state index in [0.717, 1.165) is 12.4 Å². The van der Waals surface area contributed by atoms with Gasteiger partial charge in [0.25, 0.3) is 0 Å². The average Bonchev–Trinajstić information content (AvgIpc) is 2.15. The summed E-state index contributed by atoms with van der Waals surface area (Å²) in [6.07, 6.45) is 6.41. The van der Waals surface area contributed by atoms with E-state index in [1.807, 2.05) is 6.92 Å². The lowest BCUT2D eigenvalue weighted by atomic mass is 9.75. The zero-order valence-electron chi connectivity index (χ0n) is 8.77. The molecule has 3 nitrogen and oxygen atoms in total. The van der Waals surface area contributed by atoms with Gasteiger partial charge >= 0.3 is 0 Å². The maximum Gasteiger partial charge on any atom is 0.116 e. The molecule has 1 aliphatic rings. The standard InChI is InChI=1S/C10H21N3/c1-3-12-9(13-11)10(2)7-5-4-6-8-10/h3-8,11H2,1-2H3,(H,12,13). The lowest BCUT2D eigenvalue weighted by Gasteiger charge is -2.34. The molecule has 0 bridgehead atoms. The lowest BCUT2D eigenvalue weighted by molar-refractivity contribution is 0.304. The third-order valence-corrected chi connectivity index (χ3v) is 2.98. The van der Waals surface area contributed by atoms with E-state index >= 15 is 0 Å². The van der Waals surface area contributed by atoms with Crippen molar-refractivity contribution < 1.29 is 0 Å². The van der Waals surface area contributed by atoms with Gasteiger partial charge in [-0.05, 0) is 19.8 Å². The number of aliphatic imine (C=N–C) groups is 1. The summed E-state index contributed by atoms with van der Waals surface area (Å²) in [5.41, 5.74) is 2.97. The second-order valence-electron chi connectivity index (χ2n) is 4.09. The number of rotatable bonds is 2. The summed E-state index contributed by atoms with van der Waals surface area (Å²) < 4.78 is 0. The number of hydrazine groups is 1. The Morgan fingerprint density at radius 3 is 2.46 bits per heavy atom. The van der Waals surface area contributed by atoms with Gasteiger partial charge in [-0.3, -0.25) is 4.99 Å². The van der Waals surface area contributed by atoms with Gasteiger partial charge in [0.2, 0.25) is 0 Å². The molecule has 3 heteroatoms. The van der Waals surface area contributed by atoms with E-state index in [0.29, 0.717) is 0 Å². The molecule has 0 unspecified atom stereocenters. The molecule has 1 aliphatic carbocycles. The first-order chi connectivity index (χ1) is 6.23. The van der Waals surface area contributed by atoms with Crippen LogP contribution < -0.4 is 11.3 Å². The van der Waals surface area contributed by atoms with Crippen LogP contribution in [0.15, 0.2) is 4.99 Å². The van der Waals surface area contributed by atoms with E-state index in [-0.39, 0.29) is 5.41 Å². The van der Waals surface area contributed by atoms with Crippen LogP contribution in [0.1, 0.15) is 46.0 Å². The quantitative estimate of drug-likeness (QED) is 0.297. The molecule has 1 rings (SSSR count). The number of nitrogens with zero attached hydrogens (tertiary/aromatic N) is 1. The molecule has 0 atom stereocenters. The van der Waals surface area contributed by atoms with Crippen molar-refractivity contribution >= 4 is 5.84 Å². The smallest absolute Gasteiger partial charge is 0.116 e. The van der Waals surface area contributed by atoms with Crippen molar-refractivity contribution in [1.29, 1.82) is 0 Å². The summed E-state index contributed by atoms with van der Waals surface area (Å²) >= 11 is 0. The van der Waals surface area contributed by atoms with Crippen molar-refractivity contribution in [3.05, 3.63) is 0 Å². The second-order valence-corrected chi connectivity index (χ2v) is 4.09. The highest BCUT2D eigenvalue weighted by molar-refractivity contribution is 5.87. The molecule has 1 saturated carbocycles. The molecule has 1 fully saturated rings. The molecule has 0 aromatic carbocycles. The molecule has 0 saturated heterocycles. The minimum absolute atomic E-state index is 0.211. The van der Waals surface area contributed by atoms with Crippen molar-refractivity contribution in [2.75, 3.05) is 6.54 Å². The summed E-state index contributed by atoms with van der Waals surface area (Å²) in [7, 11) is 0. The summed E-state index contributed by atoms with van der Waals surface area (Å²) in [6.45, 7) is 5.12. The van der Waals surface area contributed by atoms with Gasteiger partial charge < -0.3 is 5.43 Å². The maximum atomic E-state index is 5.49. The largest absolute Gasteiger partial charge is 0.312 e. The zero-order chi connectivity index (χ0) is 9.73. The molecule has 0 aliphatic heterocycles. The van der Waals surface area contributed by atoms with Gasteiger partial charge in [-0.1, -0.05) is 26.2 Å². The van der Waals surface area contributed by atoms with Gasteiger partial charge in [0.1, 0.15) is 5.84 Å². The summed E-state index contributed by atoms with van der Waals surface area (Å²) in [6, 6.07) is 0. The van der Waals surface area contributed by atoms with Crippen molar-refractivity contribution in [2.24, 2.45) is 16.3 Å². The fourth-order valence-electron chi connectivity index (χ4n) is 2.14. The van der Waals surface area contributed by atoms with Gasteiger partial charge in [0, 0.05) is 12.0 Å². The molecule has 76 valence electrons. The van der Waals surface area contributed by atoms with Crippen LogP contribution in [0.4, 0.5) is 0 Å². The summed E-state index contributed by atoms with van der Waals surface area (Å²) in [4.78, 5) is 4.42. The minimum Gasteiger partial charge on any atom is -0.312 e. The number of hydrogen-bond donors (Lipinski definition) is 2. The van der Waals surface area contributed by atoms with E-state index in [9.17, 15) is 0 Å². The third-order valence-electron chi connectivity index (χ3n) is 2.98. The highest BCUT2D eigenvalue weighted by Crippen LogP contribution is 2.36. The van der Waals surface area contributed by atoms with Gasteiger partial charge in [-0.15, -0.1) is 0 Å². The predicted octanol–water partition coefficient (Wildman–Crippen LogP) is 1.84. The molecule has 13 heavy (non-hydrogen) atoms. The van der Waals surface area contributed by atoms with Gasteiger partial charge in [0.05, 0.1) is 0 Å². The molecular formula is C10H21N3. The monoisotopic (exact) mass is 183 g/mol. The van der Waals surface area contributed by atoms with Crippen LogP contribution in [0.25, 0.3) is 0 Å². The fraction of sp³-hybridized carbons (Fsp3) is 0.900. The Morgan fingerprint density at radius 2 is 2.00 bits per heavy atom. The van der Waals surface area contributed by atoms with Crippen LogP contribution in [0.3, 0.4) is 0 Å². The maximum absolute atomic E-state index is 5.49. The second kappa shape index (κ2) is 4.61. The lowest BCUT2D eigenvalue weighted by Crippen LogP contribution is -2.44. The Kier molecular flexibility index (Phi) is 3.72. The number of hydrogen-bond acceptors (Lipinski definition) is 2. The first-order valence-corrected chi connectivity index (χ1v) is 5.24. The Morgan fingerprint density at radius 1 is 1.38 bits per heavy atom. The highest BCUT2D eigenvalue weighted by Gasteiger charge is 2.31. The van der Waals surface area contributed by atoms with Crippen molar-refractivity contribution in [2.45, 2.75) is 46.0 Å².